The summed E-state index contributed by atoms with van der Waals surface area (Å²) in [5, 5.41) is 7.83. The predicted molar refractivity (Wildman–Crippen MR) is 103 cm³/mol. The molecule has 26 heavy (non-hydrogen) atoms. The molecule has 0 spiro atoms. The molecule has 2 fully saturated rings. The molecule has 8 heteroatoms. The van der Waals surface area contributed by atoms with Crippen molar-refractivity contribution in [3.8, 4) is 0 Å². The number of ether oxygens (including phenoxy) is 1. The number of piperazine rings is 1. The van der Waals surface area contributed by atoms with Gasteiger partial charge in [-0.3, -0.25) is 14.6 Å². The zero-order valence-electron chi connectivity index (χ0n) is 16.6. The van der Waals surface area contributed by atoms with E-state index >= 15 is 0 Å². The molecule has 8 nitrogen and oxygen atoms in total. The highest BCUT2D eigenvalue weighted by molar-refractivity contribution is 5.80. The molecule has 2 atom stereocenters. The molecule has 1 aromatic rings. The van der Waals surface area contributed by atoms with E-state index in [0.717, 1.165) is 57.3 Å². The van der Waals surface area contributed by atoms with Crippen LogP contribution in [0.15, 0.2) is 17.4 Å². The lowest BCUT2D eigenvalue weighted by atomic mass is 10.1. The molecule has 1 aromatic heterocycles. The van der Waals surface area contributed by atoms with Gasteiger partial charge in [0.05, 0.1) is 19.3 Å². The summed E-state index contributed by atoms with van der Waals surface area (Å²) in [5.41, 5.74) is 1.12. The van der Waals surface area contributed by atoms with Crippen molar-refractivity contribution in [3.05, 3.63) is 18.0 Å². The van der Waals surface area contributed by atoms with E-state index in [1.165, 1.54) is 0 Å². The smallest absolute Gasteiger partial charge is 0.193 e. The van der Waals surface area contributed by atoms with E-state index in [0.29, 0.717) is 12.6 Å². The highest BCUT2D eigenvalue weighted by atomic mass is 16.5. The Kier molecular flexibility index (Phi) is 6.50. The Morgan fingerprint density at radius 1 is 1.31 bits per heavy atom. The van der Waals surface area contributed by atoms with Crippen LogP contribution in [-0.4, -0.2) is 103 Å². The van der Waals surface area contributed by atoms with Gasteiger partial charge in [-0.05, 0) is 14.0 Å². The zero-order valence-corrected chi connectivity index (χ0v) is 16.6. The number of aromatic nitrogens is 2. The molecule has 3 rings (SSSR count). The van der Waals surface area contributed by atoms with Crippen molar-refractivity contribution < 1.29 is 4.74 Å². The van der Waals surface area contributed by atoms with E-state index in [4.69, 9.17) is 4.74 Å². The molecule has 1 N–H and O–H groups in total. The van der Waals surface area contributed by atoms with E-state index in [1.54, 1.807) is 0 Å². The van der Waals surface area contributed by atoms with Crippen molar-refractivity contribution in [3.63, 3.8) is 0 Å². The Labute approximate surface area is 156 Å². The average molecular weight is 364 g/mol. The fourth-order valence-electron chi connectivity index (χ4n) is 3.61. The third-order valence-corrected chi connectivity index (χ3v) is 5.39. The number of likely N-dealkylation sites (N-methyl/N-ethyl adjacent to an activating group) is 1. The van der Waals surface area contributed by atoms with Gasteiger partial charge in [0.2, 0.25) is 0 Å². The van der Waals surface area contributed by atoms with Gasteiger partial charge in [-0.15, -0.1) is 0 Å². The summed E-state index contributed by atoms with van der Waals surface area (Å²) in [5.74, 6) is 0.961. The summed E-state index contributed by atoms with van der Waals surface area (Å²) in [7, 11) is 5.99. The van der Waals surface area contributed by atoms with Crippen LogP contribution in [0.25, 0.3) is 0 Å². The summed E-state index contributed by atoms with van der Waals surface area (Å²) in [6.07, 6.45) is 3.96. The van der Waals surface area contributed by atoms with E-state index in [1.807, 2.05) is 31.2 Å². The molecule has 0 aliphatic carbocycles. The van der Waals surface area contributed by atoms with E-state index < -0.39 is 0 Å². The van der Waals surface area contributed by atoms with E-state index in [9.17, 15) is 0 Å². The highest BCUT2D eigenvalue weighted by Gasteiger charge is 2.26. The second-order valence-corrected chi connectivity index (χ2v) is 7.37. The summed E-state index contributed by atoms with van der Waals surface area (Å²) < 4.78 is 7.76. The van der Waals surface area contributed by atoms with Crippen molar-refractivity contribution in [1.29, 1.82) is 0 Å². The van der Waals surface area contributed by atoms with Crippen LogP contribution in [0.1, 0.15) is 18.6 Å². The molecular weight excluding hydrogens is 330 g/mol. The van der Waals surface area contributed by atoms with Gasteiger partial charge in [-0.25, -0.2) is 0 Å². The van der Waals surface area contributed by atoms with Gasteiger partial charge in [0.25, 0.3) is 0 Å². The van der Waals surface area contributed by atoms with Crippen LogP contribution in [0.5, 0.6) is 0 Å². The summed E-state index contributed by atoms with van der Waals surface area (Å²) in [4.78, 5) is 11.7. The van der Waals surface area contributed by atoms with Crippen molar-refractivity contribution in [2.24, 2.45) is 12.0 Å². The molecule has 146 valence electrons. The second-order valence-electron chi connectivity index (χ2n) is 7.37. The highest BCUT2D eigenvalue weighted by Crippen LogP contribution is 2.21. The SMILES string of the molecule is CN=C(NCC(C)N1CCN(C)CC1)N1CCOC(c2cnn(C)c2)C1. The molecule has 2 unspecified atom stereocenters. The van der Waals surface area contributed by atoms with Crippen LogP contribution in [0.3, 0.4) is 0 Å². The fourth-order valence-corrected chi connectivity index (χ4v) is 3.61. The van der Waals surface area contributed by atoms with Gasteiger partial charge in [-0.1, -0.05) is 0 Å². The van der Waals surface area contributed by atoms with Crippen molar-refractivity contribution >= 4 is 5.96 Å². The third kappa shape index (κ3) is 4.75. The molecule has 0 aromatic carbocycles. The number of hydrogen-bond acceptors (Lipinski definition) is 5. The molecule has 0 amide bonds. The maximum atomic E-state index is 5.94. The first-order valence-electron chi connectivity index (χ1n) is 9.55. The van der Waals surface area contributed by atoms with Gasteiger partial charge in [0, 0.05) is 71.2 Å². The number of nitrogens with zero attached hydrogens (tertiary/aromatic N) is 6. The van der Waals surface area contributed by atoms with Crippen LogP contribution >= 0.6 is 0 Å². The molecule has 0 radical (unpaired) electrons. The Hall–Kier alpha value is -1.64. The number of guanidine groups is 1. The van der Waals surface area contributed by atoms with Crippen LogP contribution in [0, 0.1) is 0 Å². The third-order valence-electron chi connectivity index (χ3n) is 5.39. The summed E-state index contributed by atoms with van der Waals surface area (Å²) in [6.45, 7) is 10.1. The lowest BCUT2D eigenvalue weighted by Crippen LogP contribution is -2.54. The maximum Gasteiger partial charge on any atom is 0.193 e. The van der Waals surface area contributed by atoms with Gasteiger partial charge in [-0.2, -0.15) is 5.10 Å². The summed E-state index contributed by atoms with van der Waals surface area (Å²) in [6, 6.07) is 0.496. The number of hydrogen-bond donors (Lipinski definition) is 1. The van der Waals surface area contributed by atoms with Crippen LogP contribution in [0.2, 0.25) is 0 Å². The fraction of sp³-hybridized carbons (Fsp3) is 0.778. The van der Waals surface area contributed by atoms with Crippen molar-refractivity contribution in [2.45, 2.75) is 19.1 Å². The number of aryl methyl sites for hydroxylation is 1. The minimum absolute atomic E-state index is 0.0473. The number of rotatable bonds is 4. The number of aliphatic imine (C=N–C) groups is 1. The Morgan fingerprint density at radius 2 is 2.08 bits per heavy atom. The van der Waals surface area contributed by atoms with Gasteiger partial charge in [0.15, 0.2) is 5.96 Å². The molecular formula is C18H33N7O. The zero-order chi connectivity index (χ0) is 18.5. The monoisotopic (exact) mass is 363 g/mol. The van der Waals surface area contributed by atoms with Crippen LogP contribution in [0.4, 0.5) is 0 Å². The summed E-state index contributed by atoms with van der Waals surface area (Å²) >= 11 is 0. The normalized spacial score (nSPS) is 24.7. The molecule has 0 bridgehead atoms. The topological polar surface area (TPSA) is 61.2 Å². The molecule has 3 heterocycles. The number of nitrogens with one attached hydrogen (secondary N) is 1. The molecule has 2 aliphatic rings. The minimum Gasteiger partial charge on any atom is -0.370 e. The Balaban J connectivity index is 1.51. The van der Waals surface area contributed by atoms with Gasteiger partial charge >= 0.3 is 0 Å². The first kappa shape index (κ1) is 19.1. The van der Waals surface area contributed by atoms with Crippen molar-refractivity contribution in [1.82, 2.24) is 29.8 Å². The molecule has 2 aliphatic heterocycles. The maximum absolute atomic E-state index is 5.94. The van der Waals surface area contributed by atoms with Gasteiger partial charge < -0.3 is 19.9 Å². The lowest BCUT2D eigenvalue weighted by Gasteiger charge is -2.38. The molecule has 2 saturated heterocycles. The predicted octanol–water partition coefficient (Wildman–Crippen LogP) is 0.00470. The van der Waals surface area contributed by atoms with Crippen molar-refractivity contribution in [2.75, 3.05) is 66.5 Å². The van der Waals surface area contributed by atoms with Gasteiger partial charge in [0.1, 0.15) is 6.10 Å². The largest absolute Gasteiger partial charge is 0.370 e. The Morgan fingerprint density at radius 3 is 2.73 bits per heavy atom. The standard InChI is InChI=1S/C18H33N7O/c1-15(24-7-5-22(3)6-8-24)11-20-18(19-2)25-9-10-26-17(14-25)16-12-21-23(4)13-16/h12-13,15,17H,5-11,14H2,1-4H3,(H,19,20). The lowest BCUT2D eigenvalue weighted by molar-refractivity contribution is -0.00815. The van der Waals surface area contributed by atoms with Crippen LogP contribution in [-0.2, 0) is 11.8 Å². The number of morpholine rings is 1. The molecule has 0 saturated carbocycles. The minimum atomic E-state index is 0.0473. The first-order chi connectivity index (χ1) is 12.6. The van der Waals surface area contributed by atoms with E-state index in [2.05, 4.69) is 44.1 Å². The quantitative estimate of drug-likeness (QED) is 0.600. The van der Waals surface area contributed by atoms with Crippen LogP contribution < -0.4 is 5.32 Å². The second kappa shape index (κ2) is 8.83. The Bertz CT molecular complexity index is 594. The van der Waals surface area contributed by atoms with E-state index in [-0.39, 0.29) is 6.10 Å². The average Bonchev–Trinajstić information content (AvgIpc) is 3.09. The first-order valence-corrected chi connectivity index (χ1v) is 9.55.